The summed E-state index contributed by atoms with van der Waals surface area (Å²) in [4.78, 5) is 16.1. The third kappa shape index (κ3) is 2.94. The molecular formula is C25H29NO2. The van der Waals surface area contributed by atoms with Gasteiger partial charge in [0.05, 0.1) is 13.5 Å². The first-order valence-corrected chi connectivity index (χ1v) is 10.4. The van der Waals surface area contributed by atoms with Crippen molar-refractivity contribution in [2.45, 2.75) is 57.3 Å². The molecule has 3 aromatic rings. The minimum Gasteiger partial charge on any atom is -0.469 e. The van der Waals surface area contributed by atoms with Crippen LogP contribution in [0.25, 0.3) is 10.9 Å². The number of hydrogen-bond donors (Lipinski definition) is 1. The van der Waals surface area contributed by atoms with E-state index in [1.165, 1.54) is 40.4 Å². The number of aromatic amines is 1. The van der Waals surface area contributed by atoms with Crippen molar-refractivity contribution in [3.63, 3.8) is 0 Å². The summed E-state index contributed by atoms with van der Waals surface area (Å²) in [5.41, 5.74) is 6.37. The first kappa shape index (κ1) is 18.8. The predicted molar refractivity (Wildman–Crippen MR) is 114 cm³/mol. The summed E-state index contributed by atoms with van der Waals surface area (Å²) in [6.07, 6.45) is 4.38. The quantitative estimate of drug-likeness (QED) is 0.567. The number of methoxy groups -OCH3 is 1. The van der Waals surface area contributed by atoms with Crippen LogP contribution in [-0.2, 0) is 21.4 Å². The summed E-state index contributed by atoms with van der Waals surface area (Å²) in [7, 11) is 1.49. The van der Waals surface area contributed by atoms with E-state index in [9.17, 15) is 4.79 Å². The highest BCUT2D eigenvalue weighted by molar-refractivity contribution is 5.89. The van der Waals surface area contributed by atoms with Crippen LogP contribution in [0.1, 0.15) is 67.8 Å². The van der Waals surface area contributed by atoms with Crippen LogP contribution in [0.5, 0.6) is 0 Å². The molecule has 2 aromatic carbocycles. The summed E-state index contributed by atoms with van der Waals surface area (Å²) >= 11 is 0. The number of H-pyrrole nitrogens is 1. The molecule has 146 valence electrons. The van der Waals surface area contributed by atoms with Crippen LogP contribution >= 0.6 is 0 Å². The Morgan fingerprint density at radius 2 is 1.93 bits per heavy atom. The molecule has 0 radical (unpaired) electrons. The Kier molecular flexibility index (Phi) is 5.01. The number of ether oxygens (including phenoxy) is 1. The van der Waals surface area contributed by atoms with Crippen LogP contribution in [0.2, 0.25) is 0 Å². The van der Waals surface area contributed by atoms with Crippen molar-refractivity contribution >= 4 is 16.9 Å². The van der Waals surface area contributed by atoms with E-state index in [0.29, 0.717) is 12.3 Å². The molecule has 1 aliphatic carbocycles. The number of carbonyl (C=O) groups is 1. The number of nitrogens with one attached hydrogen (secondary N) is 1. The van der Waals surface area contributed by atoms with Crippen molar-refractivity contribution in [1.29, 1.82) is 0 Å². The zero-order valence-electron chi connectivity index (χ0n) is 17.0. The zero-order chi connectivity index (χ0) is 19.7. The van der Waals surface area contributed by atoms with Gasteiger partial charge in [0.1, 0.15) is 0 Å². The van der Waals surface area contributed by atoms with Crippen LogP contribution in [0.15, 0.2) is 48.5 Å². The van der Waals surface area contributed by atoms with Gasteiger partial charge in [-0.2, -0.15) is 0 Å². The fourth-order valence-electron chi connectivity index (χ4n) is 5.09. The number of aryl methyl sites for hydroxylation is 1. The molecule has 0 spiro atoms. The maximum Gasteiger partial charge on any atom is 0.306 e. The Morgan fingerprint density at radius 1 is 1.14 bits per heavy atom. The molecule has 0 bridgehead atoms. The maximum absolute atomic E-state index is 12.3. The second-order valence-corrected chi connectivity index (χ2v) is 8.00. The second kappa shape index (κ2) is 7.46. The van der Waals surface area contributed by atoms with E-state index in [0.717, 1.165) is 25.7 Å². The molecule has 1 aliphatic rings. The zero-order valence-corrected chi connectivity index (χ0v) is 17.0. The lowest BCUT2D eigenvalue weighted by molar-refractivity contribution is -0.142. The molecule has 0 aliphatic heterocycles. The van der Waals surface area contributed by atoms with E-state index in [1.54, 1.807) is 0 Å². The first-order chi connectivity index (χ1) is 13.6. The Labute approximate surface area is 167 Å². The summed E-state index contributed by atoms with van der Waals surface area (Å²) < 4.78 is 5.07. The van der Waals surface area contributed by atoms with Crippen LogP contribution in [0.3, 0.4) is 0 Å². The summed E-state index contributed by atoms with van der Waals surface area (Å²) in [6, 6.07) is 17.4. The van der Waals surface area contributed by atoms with Crippen molar-refractivity contribution in [2.24, 2.45) is 0 Å². The number of esters is 1. The Bertz CT molecular complexity index is 988. The van der Waals surface area contributed by atoms with Crippen molar-refractivity contribution < 1.29 is 9.53 Å². The minimum absolute atomic E-state index is 0.125. The van der Waals surface area contributed by atoms with Crippen molar-refractivity contribution in [3.8, 4) is 0 Å². The second-order valence-electron chi connectivity index (χ2n) is 8.00. The van der Waals surface area contributed by atoms with Crippen molar-refractivity contribution in [2.75, 3.05) is 7.11 Å². The van der Waals surface area contributed by atoms with Gasteiger partial charge in [-0.15, -0.1) is 0 Å². The van der Waals surface area contributed by atoms with E-state index >= 15 is 0 Å². The number of hydrogen-bond acceptors (Lipinski definition) is 2. The number of benzene rings is 2. The van der Waals surface area contributed by atoms with E-state index in [-0.39, 0.29) is 11.4 Å². The maximum atomic E-state index is 12.3. The van der Waals surface area contributed by atoms with Crippen LogP contribution in [0.4, 0.5) is 0 Å². The summed E-state index contributed by atoms with van der Waals surface area (Å²) in [5, 5.41) is 1.31. The highest BCUT2D eigenvalue weighted by Crippen LogP contribution is 2.51. The lowest BCUT2D eigenvalue weighted by Crippen LogP contribution is -2.35. The normalized spacial score (nSPS) is 21.5. The molecule has 0 saturated heterocycles. The first-order valence-electron chi connectivity index (χ1n) is 10.4. The number of fused-ring (bicyclic) bond motifs is 3. The fraction of sp³-hybridized carbons (Fsp3) is 0.400. The molecule has 1 aromatic heterocycles. The van der Waals surface area contributed by atoms with Gasteiger partial charge in [-0.05, 0) is 42.4 Å². The van der Waals surface area contributed by atoms with Gasteiger partial charge in [0.15, 0.2) is 0 Å². The topological polar surface area (TPSA) is 42.1 Å². The average molecular weight is 376 g/mol. The molecule has 0 amide bonds. The highest BCUT2D eigenvalue weighted by Gasteiger charge is 2.43. The molecule has 3 heteroatoms. The Hall–Kier alpha value is -2.55. The molecule has 3 nitrogen and oxygen atoms in total. The molecule has 4 rings (SSSR count). The number of rotatable bonds is 5. The van der Waals surface area contributed by atoms with Gasteiger partial charge in [-0.1, -0.05) is 62.4 Å². The number of carbonyl (C=O) groups excluding carboxylic acids is 1. The van der Waals surface area contributed by atoms with Crippen molar-refractivity contribution in [1.82, 2.24) is 4.98 Å². The van der Waals surface area contributed by atoms with E-state index < -0.39 is 0 Å². The standard InChI is InChI=1S/C25H29NO2/c1-4-17-12-9-13-20-22-19(18-10-7-6-8-11-18)14-15-25(5-2,16-21(27)28-3)24(22)26-23(17)20/h6-13,19,26H,4-5,14-16H2,1-3H3. The average Bonchev–Trinajstić information content (AvgIpc) is 3.15. The van der Waals surface area contributed by atoms with Gasteiger partial charge in [0, 0.05) is 27.9 Å². The van der Waals surface area contributed by atoms with E-state index in [4.69, 9.17) is 4.74 Å². The Morgan fingerprint density at radius 3 is 2.61 bits per heavy atom. The highest BCUT2D eigenvalue weighted by atomic mass is 16.5. The van der Waals surface area contributed by atoms with Crippen LogP contribution in [-0.4, -0.2) is 18.1 Å². The largest absolute Gasteiger partial charge is 0.469 e. The van der Waals surface area contributed by atoms with Gasteiger partial charge in [-0.25, -0.2) is 0 Å². The lowest BCUT2D eigenvalue weighted by atomic mass is 9.65. The van der Waals surface area contributed by atoms with E-state index in [1.807, 2.05) is 0 Å². The molecule has 28 heavy (non-hydrogen) atoms. The monoisotopic (exact) mass is 375 g/mol. The van der Waals surface area contributed by atoms with Gasteiger partial charge < -0.3 is 9.72 Å². The van der Waals surface area contributed by atoms with Gasteiger partial charge in [-0.3, -0.25) is 4.79 Å². The summed E-state index contributed by atoms with van der Waals surface area (Å²) in [6.45, 7) is 4.40. The van der Waals surface area contributed by atoms with Gasteiger partial charge in [0.25, 0.3) is 0 Å². The minimum atomic E-state index is -0.183. The van der Waals surface area contributed by atoms with Crippen LogP contribution in [0, 0.1) is 0 Å². The van der Waals surface area contributed by atoms with Crippen molar-refractivity contribution in [3.05, 3.63) is 70.9 Å². The summed E-state index contributed by atoms with van der Waals surface area (Å²) in [5.74, 6) is 0.231. The third-order valence-electron chi connectivity index (χ3n) is 6.72. The lowest BCUT2D eigenvalue weighted by Gasteiger charge is -2.39. The molecule has 1 N–H and O–H groups in total. The van der Waals surface area contributed by atoms with Gasteiger partial charge >= 0.3 is 5.97 Å². The molecule has 2 atom stereocenters. The van der Waals surface area contributed by atoms with E-state index in [2.05, 4.69) is 67.4 Å². The fourth-order valence-corrected chi connectivity index (χ4v) is 5.09. The SMILES string of the molecule is CCc1cccc2c3c([nH]c12)C(CC)(CC(=O)OC)CCC3c1ccccc1. The van der Waals surface area contributed by atoms with Crippen LogP contribution < -0.4 is 0 Å². The smallest absolute Gasteiger partial charge is 0.306 e. The molecule has 0 fully saturated rings. The molecular weight excluding hydrogens is 346 g/mol. The molecule has 2 unspecified atom stereocenters. The molecule has 1 heterocycles. The molecule has 0 saturated carbocycles. The predicted octanol–water partition coefficient (Wildman–Crippen LogP) is 5.87. The number of aromatic nitrogens is 1. The number of para-hydroxylation sites is 1. The third-order valence-corrected chi connectivity index (χ3v) is 6.72. The Balaban J connectivity index is 1.97. The van der Waals surface area contributed by atoms with Gasteiger partial charge in [0.2, 0.25) is 0 Å².